The van der Waals surface area contributed by atoms with Crippen molar-refractivity contribution in [2.75, 3.05) is 26.0 Å². The van der Waals surface area contributed by atoms with Crippen molar-refractivity contribution < 1.29 is 17.4 Å². The summed E-state index contributed by atoms with van der Waals surface area (Å²) in [6.45, 7) is 6.23. The van der Waals surface area contributed by atoms with Crippen LogP contribution in [0.1, 0.15) is 13.8 Å². The Labute approximate surface area is 119 Å². The Hall–Kier alpha value is -0.860. The minimum atomic E-state index is -3.33. The zero-order valence-corrected chi connectivity index (χ0v) is 12.8. The number of hydrogen-bond donors (Lipinski definition) is 1. The van der Waals surface area contributed by atoms with E-state index in [0.29, 0.717) is 36.3 Å². The quantitative estimate of drug-likeness (QED) is 0.737. The highest BCUT2D eigenvalue weighted by Gasteiger charge is 2.57. The largest absolute Gasteiger partial charge is 0.368 e. The number of aliphatic imine (C=N–C) groups is 1. The zero-order chi connectivity index (χ0) is 14.5. The van der Waals surface area contributed by atoms with Gasteiger partial charge >= 0.3 is 6.02 Å². The van der Waals surface area contributed by atoms with E-state index in [0.717, 1.165) is 19.3 Å². The van der Waals surface area contributed by atoms with Gasteiger partial charge in [-0.15, -0.1) is 5.48 Å². The van der Waals surface area contributed by atoms with E-state index in [4.69, 9.17) is 9.02 Å². The third-order valence-electron chi connectivity index (χ3n) is 4.27. The Balaban J connectivity index is 1.49. The van der Waals surface area contributed by atoms with Crippen molar-refractivity contribution in [3.8, 4) is 0 Å². The molecular formula is C12H21N3O4S. The van der Waals surface area contributed by atoms with Gasteiger partial charge in [0.05, 0.1) is 12.9 Å². The van der Waals surface area contributed by atoms with Crippen LogP contribution >= 0.6 is 0 Å². The fourth-order valence-corrected chi connectivity index (χ4v) is 3.38. The molecule has 1 saturated carbocycles. The van der Waals surface area contributed by atoms with Crippen LogP contribution in [0.2, 0.25) is 0 Å². The van der Waals surface area contributed by atoms with Crippen LogP contribution < -0.4 is 5.48 Å². The van der Waals surface area contributed by atoms with Gasteiger partial charge in [-0.1, -0.05) is 13.8 Å². The molecule has 3 aliphatic rings. The number of hydroxylamine groups is 1. The van der Waals surface area contributed by atoms with E-state index < -0.39 is 10.1 Å². The SMILES string of the molecule is CC(C)C1N=C(N2CC3C(COS(C)(=O)=O)C3C2)ON1. The average molecular weight is 303 g/mol. The summed E-state index contributed by atoms with van der Waals surface area (Å²) in [6, 6.07) is 0.665. The van der Waals surface area contributed by atoms with Gasteiger partial charge in [-0.2, -0.15) is 8.42 Å². The van der Waals surface area contributed by atoms with Gasteiger partial charge in [-0.3, -0.25) is 4.18 Å². The van der Waals surface area contributed by atoms with E-state index in [9.17, 15) is 8.42 Å². The molecule has 0 bridgehead atoms. The summed E-state index contributed by atoms with van der Waals surface area (Å²) in [7, 11) is -3.33. The van der Waals surface area contributed by atoms with Crippen molar-refractivity contribution in [1.29, 1.82) is 0 Å². The van der Waals surface area contributed by atoms with Crippen molar-refractivity contribution in [2.45, 2.75) is 20.0 Å². The molecule has 7 nitrogen and oxygen atoms in total. The third-order valence-corrected chi connectivity index (χ3v) is 4.83. The molecule has 1 N–H and O–H groups in total. The summed E-state index contributed by atoms with van der Waals surface area (Å²) >= 11 is 0. The van der Waals surface area contributed by atoms with Crippen molar-refractivity contribution >= 4 is 16.1 Å². The van der Waals surface area contributed by atoms with Gasteiger partial charge in [-0.05, 0) is 23.7 Å². The first-order chi connectivity index (χ1) is 9.35. The minimum absolute atomic E-state index is 0.0197. The fourth-order valence-electron chi connectivity index (χ4n) is 2.97. The second-order valence-electron chi connectivity index (χ2n) is 6.21. The lowest BCUT2D eigenvalue weighted by Gasteiger charge is -2.19. The average Bonchev–Trinajstić information content (AvgIpc) is 2.78. The van der Waals surface area contributed by atoms with Crippen LogP contribution in [0.5, 0.6) is 0 Å². The van der Waals surface area contributed by atoms with E-state index in [2.05, 4.69) is 29.2 Å². The number of piperidine rings is 1. The summed E-state index contributed by atoms with van der Waals surface area (Å²) in [6.07, 6.45) is 1.11. The summed E-state index contributed by atoms with van der Waals surface area (Å²) in [5.74, 6) is 1.75. The molecule has 114 valence electrons. The summed E-state index contributed by atoms with van der Waals surface area (Å²) < 4.78 is 26.8. The molecule has 0 amide bonds. The van der Waals surface area contributed by atoms with Crippen molar-refractivity contribution in [3.63, 3.8) is 0 Å². The Morgan fingerprint density at radius 1 is 1.45 bits per heavy atom. The van der Waals surface area contributed by atoms with E-state index in [-0.39, 0.29) is 6.17 Å². The molecule has 1 aliphatic carbocycles. The molecule has 2 fully saturated rings. The second kappa shape index (κ2) is 4.85. The smallest absolute Gasteiger partial charge is 0.309 e. The lowest BCUT2D eigenvalue weighted by Crippen LogP contribution is -2.34. The minimum Gasteiger partial charge on any atom is -0.368 e. The monoisotopic (exact) mass is 303 g/mol. The number of fused-ring (bicyclic) bond motifs is 1. The highest BCUT2D eigenvalue weighted by atomic mass is 32.2. The molecule has 0 aromatic carbocycles. The van der Waals surface area contributed by atoms with Gasteiger partial charge in [0, 0.05) is 13.1 Å². The molecule has 2 heterocycles. The zero-order valence-electron chi connectivity index (χ0n) is 11.9. The van der Waals surface area contributed by atoms with E-state index in [1.54, 1.807) is 0 Å². The lowest BCUT2D eigenvalue weighted by atomic mass is 10.2. The first-order valence-electron chi connectivity index (χ1n) is 6.94. The van der Waals surface area contributed by atoms with Gasteiger partial charge in [-0.25, -0.2) is 4.99 Å². The summed E-state index contributed by atoms with van der Waals surface area (Å²) in [4.78, 5) is 12.1. The molecule has 1 saturated heterocycles. The molecule has 0 aromatic heterocycles. The molecule has 3 unspecified atom stereocenters. The number of likely N-dealkylation sites (tertiary alicyclic amines) is 1. The van der Waals surface area contributed by atoms with E-state index in [1.165, 1.54) is 0 Å². The van der Waals surface area contributed by atoms with Gasteiger partial charge < -0.3 is 9.74 Å². The first kappa shape index (κ1) is 14.1. The van der Waals surface area contributed by atoms with Crippen LogP contribution in [0.25, 0.3) is 0 Å². The maximum atomic E-state index is 11.0. The van der Waals surface area contributed by atoms with Gasteiger partial charge in [0.2, 0.25) is 0 Å². The second-order valence-corrected chi connectivity index (χ2v) is 7.85. The van der Waals surface area contributed by atoms with Crippen LogP contribution in [0.15, 0.2) is 4.99 Å². The molecule has 0 radical (unpaired) electrons. The van der Waals surface area contributed by atoms with Gasteiger partial charge in [0.1, 0.15) is 6.17 Å². The Morgan fingerprint density at radius 2 is 2.10 bits per heavy atom. The number of hydrogen-bond acceptors (Lipinski definition) is 7. The predicted octanol–water partition coefficient (Wildman–Crippen LogP) is 0.0133. The van der Waals surface area contributed by atoms with E-state index >= 15 is 0 Å². The predicted molar refractivity (Wildman–Crippen MR) is 73.1 cm³/mol. The molecule has 20 heavy (non-hydrogen) atoms. The van der Waals surface area contributed by atoms with Crippen LogP contribution in [0.3, 0.4) is 0 Å². The first-order valence-corrected chi connectivity index (χ1v) is 8.76. The highest BCUT2D eigenvalue weighted by molar-refractivity contribution is 7.85. The van der Waals surface area contributed by atoms with Crippen LogP contribution in [-0.2, 0) is 19.1 Å². The van der Waals surface area contributed by atoms with E-state index in [1.807, 2.05) is 0 Å². The fraction of sp³-hybridized carbons (Fsp3) is 0.917. The Kier molecular flexibility index (Phi) is 3.42. The van der Waals surface area contributed by atoms with Crippen LogP contribution in [0, 0.1) is 23.7 Å². The van der Waals surface area contributed by atoms with Crippen LogP contribution in [0.4, 0.5) is 0 Å². The topological polar surface area (TPSA) is 80.2 Å². The molecule has 8 heteroatoms. The highest BCUT2D eigenvalue weighted by Crippen LogP contribution is 2.52. The summed E-state index contributed by atoms with van der Waals surface area (Å²) in [5, 5.41) is 0. The standard InChI is InChI=1S/C12H21N3O4S/c1-7(2)11-13-12(19-14-11)15-4-8-9(5-15)10(8)6-18-20(3,16)17/h7-11,14H,4-6H2,1-3H3. The lowest BCUT2D eigenvalue weighted by molar-refractivity contribution is 0.132. The van der Waals surface area contributed by atoms with Gasteiger partial charge in [0.15, 0.2) is 0 Å². The molecule has 3 atom stereocenters. The Morgan fingerprint density at radius 3 is 2.60 bits per heavy atom. The molecule has 0 aromatic rings. The maximum absolute atomic E-state index is 11.0. The number of amidine groups is 1. The summed E-state index contributed by atoms with van der Waals surface area (Å²) in [5.41, 5.74) is 2.92. The Bertz CT molecular complexity index is 507. The van der Waals surface area contributed by atoms with Crippen molar-refractivity contribution in [1.82, 2.24) is 10.4 Å². The van der Waals surface area contributed by atoms with Crippen molar-refractivity contribution in [2.24, 2.45) is 28.7 Å². The number of rotatable bonds is 4. The third kappa shape index (κ3) is 2.77. The normalized spacial score (nSPS) is 36.0. The van der Waals surface area contributed by atoms with Crippen LogP contribution in [-0.4, -0.2) is 51.5 Å². The van der Waals surface area contributed by atoms with Crippen molar-refractivity contribution in [3.05, 3.63) is 0 Å². The molecule has 3 rings (SSSR count). The molecular weight excluding hydrogens is 282 g/mol. The maximum Gasteiger partial charge on any atom is 0.309 e. The number of nitrogens with one attached hydrogen (secondary N) is 1. The number of nitrogens with zero attached hydrogens (tertiary/aromatic N) is 2. The molecule has 0 spiro atoms. The molecule has 2 aliphatic heterocycles. The van der Waals surface area contributed by atoms with Gasteiger partial charge in [0.25, 0.3) is 10.1 Å².